The van der Waals surface area contributed by atoms with Crippen LogP contribution in [0.25, 0.3) is 10.6 Å². The zero-order valence-corrected chi connectivity index (χ0v) is 11.4. The van der Waals surface area contributed by atoms with Crippen LogP contribution in [0.3, 0.4) is 0 Å². The second-order valence-electron chi connectivity index (χ2n) is 4.25. The number of rotatable bonds is 6. The van der Waals surface area contributed by atoms with E-state index >= 15 is 0 Å². The predicted octanol–water partition coefficient (Wildman–Crippen LogP) is 2.29. The molecular weight excluding hydrogens is 264 g/mol. The Bertz CT molecular complexity index is 522. The lowest BCUT2D eigenvalue weighted by Gasteiger charge is -2.12. The second-order valence-corrected chi connectivity index (χ2v) is 5.20. The molecular formula is C13H16N2O3S. The Labute approximate surface area is 115 Å². The van der Waals surface area contributed by atoms with Gasteiger partial charge in [0.05, 0.1) is 4.88 Å². The molecule has 6 heteroatoms. The molecule has 1 unspecified atom stereocenters. The lowest BCUT2D eigenvalue weighted by Crippen LogP contribution is -2.33. The molecule has 0 radical (unpaired) electrons. The van der Waals surface area contributed by atoms with Crippen LogP contribution in [0, 0.1) is 0 Å². The molecule has 1 atom stereocenters. The van der Waals surface area contributed by atoms with Crippen molar-refractivity contribution in [3.8, 4) is 10.6 Å². The summed E-state index contributed by atoms with van der Waals surface area (Å²) in [4.78, 5) is 17.0. The number of amides is 1. The number of aromatic nitrogens is 1. The normalized spacial score (nSPS) is 12.3. The van der Waals surface area contributed by atoms with Crippen molar-refractivity contribution in [2.75, 3.05) is 6.61 Å². The minimum absolute atomic E-state index is 0.00691. The summed E-state index contributed by atoms with van der Waals surface area (Å²) in [5.74, 6) is 0.254. The number of hydrogen-bond donors (Lipinski definition) is 2. The van der Waals surface area contributed by atoms with Gasteiger partial charge in [-0.2, -0.15) is 0 Å². The molecule has 5 nitrogen and oxygen atoms in total. The summed E-state index contributed by atoms with van der Waals surface area (Å²) in [6.07, 6.45) is 2.68. The monoisotopic (exact) mass is 280 g/mol. The standard InChI is InChI=1S/C13H16N2O3S/c1-9(4-2-6-16)15-13(17)11-12(18-8-14-11)10-5-3-7-19-10/h3,5,7-9,16H,2,4,6H2,1H3,(H,15,17). The van der Waals surface area contributed by atoms with Gasteiger partial charge < -0.3 is 14.8 Å². The van der Waals surface area contributed by atoms with Crippen molar-refractivity contribution >= 4 is 17.2 Å². The first-order valence-electron chi connectivity index (χ1n) is 6.11. The first-order valence-corrected chi connectivity index (χ1v) is 6.99. The number of nitrogens with zero attached hydrogens (tertiary/aromatic N) is 1. The maximum atomic E-state index is 12.1. The minimum Gasteiger partial charge on any atom is -0.442 e. The molecule has 0 saturated heterocycles. The summed E-state index contributed by atoms with van der Waals surface area (Å²) in [7, 11) is 0. The van der Waals surface area contributed by atoms with E-state index in [4.69, 9.17) is 9.52 Å². The average molecular weight is 280 g/mol. The van der Waals surface area contributed by atoms with Gasteiger partial charge in [0.1, 0.15) is 0 Å². The molecule has 2 aromatic rings. The van der Waals surface area contributed by atoms with Crippen molar-refractivity contribution in [1.82, 2.24) is 10.3 Å². The van der Waals surface area contributed by atoms with Gasteiger partial charge in [0.15, 0.2) is 17.8 Å². The molecule has 1 amide bonds. The van der Waals surface area contributed by atoms with Gasteiger partial charge in [0.2, 0.25) is 0 Å². The number of carbonyl (C=O) groups is 1. The zero-order valence-electron chi connectivity index (χ0n) is 10.6. The molecule has 19 heavy (non-hydrogen) atoms. The molecule has 0 fully saturated rings. The molecule has 0 aliphatic heterocycles. The summed E-state index contributed by atoms with van der Waals surface area (Å²) in [5.41, 5.74) is 0.304. The van der Waals surface area contributed by atoms with Gasteiger partial charge in [0.25, 0.3) is 5.91 Å². The highest BCUT2D eigenvalue weighted by Gasteiger charge is 2.20. The summed E-state index contributed by atoms with van der Waals surface area (Å²) < 4.78 is 5.29. The Kier molecular flexibility index (Phi) is 4.70. The molecule has 2 aromatic heterocycles. The quantitative estimate of drug-likeness (QED) is 0.851. The fraction of sp³-hybridized carbons (Fsp3) is 0.385. The van der Waals surface area contributed by atoms with Gasteiger partial charge in [0, 0.05) is 12.6 Å². The average Bonchev–Trinajstić information content (AvgIpc) is 3.05. The second kappa shape index (κ2) is 6.49. The third-order valence-corrected chi connectivity index (χ3v) is 3.57. The van der Waals surface area contributed by atoms with Crippen LogP contribution in [0.5, 0.6) is 0 Å². The van der Waals surface area contributed by atoms with Crippen molar-refractivity contribution in [3.63, 3.8) is 0 Å². The van der Waals surface area contributed by atoms with E-state index in [2.05, 4.69) is 10.3 Å². The highest BCUT2D eigenvalue weighted by Crippen LogP contribution is 2.27. The van der Waals surface area contributed by atoms with Crippen molar-refractivity contribution in [3.05, 3.63) is 29.6 Å². The molecule has 2 heterocycles. The van der Waals surface area contributed by atoms with E-state index in [1.165, 1.54) is 17.7 Å². The highest BCUT2D eigenvalue weighted by molar-refractivity contribution is 7.13. The maximum Gasteiger partial charge on any atom is 0.274 e. The Balaban J connectivity index is 2.06. The number of hydrogen-bond acceptors (Lipinski definition) is 5. The highest BCUT2D eigenvalue weighted by atomic mass is 32.1. The smallest absolute Gasteiger partial charge is 0.274 e. The van der Waals surface area contributed by atoms with Crippen LogP contribution >= 0.6 is 11.3 Å². The number of aliphatic hydroxyl groups is 1. The molecule has 0 spiro atoms. The molecule has 0 aliphatic carbocycles. The SMILES string of the molecule is CC(CCCO)NC(=O)c1ncoc1-c1cccs1. The van der Waals surface area contributed by atoms with E-state index in [-0.39, 0.29) is 18.6 Å². The zero-order chi connectivity index (χ0) is 13.7. The summed E-state index contributed by atoms with van der Waals surface area (Å²) in [5, 5.41) is 13.5. The first-order chi connectivity index (χ1) is 9.22. The molecule has 2 rings (SSSR count). The molecule has 0 aromatic carbocycles. The van der Waals surface area contributed by atoms with Crippen LogP contribution in [0.15, 0.2) is 28.3 Å². The van der Waals surface area contributed by atoms with Crippen molar-refractivity contribution < 1.29 is 14.3 Å². The number of oxazole rings is 1. The molecule has 0 saturated carbocycles. The predicted molar refractivity (Wildman–Crippen MR) is 73.1 cm³/mol. The fourth-order valence-corrected chi connectivity index (χ4v) is 2.46. The van der Waals surface area contributed by atoms with E-state index < -0.39 is 0 Å². The van der Waals surface area contributed by atoms with Crippen molar-refractivity contribution in [1.29, 1.82) is 0 Å². The number of aliphatic hydroxyl groups excluding tert-OH is 1. The number of carbonyl (C=O) groups excluding carboxylic acids is 1. The third kappa shape index (κ3) is 3.42. The van der Waals surface area contributed by atoms with Crippen LogP contribution < -0.4 is 5.32 Å². The summed E-state index contributed by atoms with van der Waals surface area (Å²) in [6, 6.07) is 3.78. The molecule has 0 bridgehead atoms. The maximum absolute atomic E-state index is 12.1. The van der Waals surface area contributed by atoms with Gasteiger partial charge >= 0.3 is 0 Å². The van der Waals surface area contributed by atoms with Gasteiger partial charge in [-0.15, -0.1) is 11.3 Å². The Morgan fingerprint density at radius 3 is 3.16 bits per heavy atom. The molecule has 2 N–H and O–H groups in total. The Morgan fingerprint density at radius 2 is 2.47 bits per heavy atom. The largest absolute Gasteiger partial charge is 0.442 e. The fourth-order valence-electron chi connectivity index (χ4n) is 1.75. The Morgan fingerprint density at radius 1 is 1.63 bits per heavy atom. The van der Waals surface area contributed by atoms with Gasteiger partial charge in [-0.05, 0) is 31.2 Å². The van der Waals surface area contributed by atoms with Crippen molar-refractivity contribution in [2.45, 2.75) is 25.8 Å². The molecule has 0 aliphatic rings. The van der Waals surface area contributed by atoms with E-state index in [0.29, 0.717) is 17.9 Å². The number of nitrogens with one attached hydrogen (secondary N) is 1. The van der Waals surface area contributed by atoms with E-state index in [9.17, 15) is 4.79 Å². The lowest BCUT2D eigenvalue weighted by molar-refractivity contribution is 0.0932. The van der Waals surface area contributed by atoms with Crippen LogP contribution in [0.2, 0.25) is 0 Å². The summed E-state index contributed by atoms with van der Waals surface area (Å²) >= 11 is 1.50. The summed E-state index contributed by atoms with van der Waals surface area (Å²) in [6.45, 7) is 2.03. The van der Waals surface area contributed by atoms with Crippen LogP contribution in [0.4, 0.5) is 0 Å². The van der Waals surface area contributed by atoms with Gasteiger partial charge in [-0.1, -0.05) is 6.07 Å². The minimum atomic E-state index is -0.248. The van der Waals surface area contributed by atoms with Gasteiger partial charge in [-0.25, -0.2) is 4.98 Å². The van der Waals surface area contributed by atoms with E-state index in [0.717, 1.165) is 11.3 Å². The first kappa shape index (κ1) is 13.8. The van der Waals surface area contributed by atoms with E-state index in [1.807, 2.05) is 24.4 Å². The van der Waals surface area contributed by atoms with Crippen LogP contribution in [-0.4, -0.2) is 28.6 Å². The molecule has 102 valence electrons. The third-order valence-electron chi connectivity index (χ3n) is 2.70. The number of thiophene rings is 1. The van der Waals surface area contributed by atoms with Gasteiger partial charge in [-0.3, -0.25) is 4.79 Å². The van der Waals surface area contributed by atoms with E-state index in [1.54, 1.807) is 0 Å². The topological polar surface area (TPSA) is 75.4 Å². The lowest BCUT2D eigenvalue weighted by atomic mass is 10.2. The van der Waals surface area contributed by atoms with Crippen molar-refractivity contribution in [2.24, 2.45) is 0 Å². The van der Waals surface area contributed by atoms with Crippen LogP contribution in [-0.2, 0) is 0 Å². The Hall–Kier alpha value is -1.66. The van der Waals surface area contributed by atoms with Crippen LogP contribution in [0.1, 0.15) is 30.3 Å².